The fourth-order valence-electron chi connectivity index (χ4n) is 5.78. The monoisotopic (exact) mass is 458 g/mol. The van der Waals surface area contributed by atoms with Crippen LogP contribution in [0.4, 0.5) is 26.3 Å². The van der Waals surface area contributed by atoms with Crippen molar-refractivity contribution >= 4 is 0 Å². The van der Waals surface area contributed by atoms with Gasteiger partial charge in [-0.05, 0) is 74.2 Å². The minimum absolute atomic E-state index is 0.159. The van der Waals surface area contributed by atoms with Crippen LogP contribution in [-0.4, -0.2) is 34.0 Å². The second kappa shape index (κ2) is 7.74. The van der Waals surface area contributed by atoms with Crippen molar-refractivity contribution < 1.29 is 26.3 Å². The topological polar surface area (TPSA) is 42.7 Å². The molecule has 2 aromatic rings. The van der Waals surface area contributed by atoms with Crippen LogP contribution in [0.3, 0.4) is 0 Å². The molecule has 2 aliphatic heterocycles. The largest absolute Gasteiger partial charge is 0.416 e. The highest BCUT2D eigenvalue weighted by atomic mass is 19.4. The minimum atomic E-state index is -4.46. The van der Waals surface area contributed by atoms with E-state index in [4.69, 9.17) is 0 Å². The van der Waals surface area contributed by atoms with E-state index in [0.717, 1.165) is 42.7 Å². The Morgan fingerprint density at radius 1 is 0.906 bits per heavy atom. The van der Waals surface area contributed by atoms with Gasteiger partial charge in [0, 0.05) is 12.3 Å². The number of fused-ring (bicyclic) bond motifs is 3. The summed E-state index contributed by atoms with van der Waals surface area (Å²) in [7, 11) is 0. The van der Waals surface area contributed by atoms with Crippen molar-refractivity contribution in [1.29, 1.82) is 0 Å². The van der Waals surface area contributed by atoms with Crippen molar-refractivity contribution in [2.75, 3.05) is 13.1 Å². The molecule has 1 N–H and O–H groups in total. The Morgan fingerprint density at radius 3 is 2.16 bits per heavy atom. The number of benzene rings is 1. The Kier molecular flexibility index (Phi) is 5.26. The van der Waals surface area contributed by atoms with E-state index in [1.807, 2.05) is 0 Å². The van der Waals surface area contributed by atoms with Crippen molar-refractivity contribution in [1.82, 2.24) is 20.1 Å². The van der Waals surface area contributed by atoms with Gasteiger partial charge in [-0.1, -0.05) is 12.1 Å². The predicted octanol–water partition coefficient (Wildman–Crippen LogP) is 5.11. The molecule has 0 amide bonds. The normalized spacial score (nSPS) is 30.4. The Hall–Kier alpha value is -2.10. The first-order chi connectivity index (χ1) is 15.1. The summed E-state index contributed by atoms with van der Waals surface area (Å²) in [5, 5.41) is 7.71. The average molecular weight is 458 g/mol. The van der Waals surface area contributed by atoms with E-state index >= 15 is 0 Å². The third-order valence-corrected chi connectivity index (χ3v) is 7.41. The zero-order valence-corrected chi connectivity index (χ0v) is 17.3. The second-order valence-electron chi connectivity index (χ2n) is 9.26. The number of hydrogen-bond donors (Lipinski definition) is 1. The predicted molar refractivity (Wildman–Crippen MR) is 104 cm³/mol. The van der Waals surface area contributed by atoms with E-state index in [-0.39, 0.29) is 18.7 Å². The van der Waals surface area contributed by atoms with Gasteiger partial charge >= 0.3 is 12.4 Å². The number of piperidine rings is 1. The molecule has 174 valence electrons. The first kappa shape index (κ1) is 21.7. The van der Waals surface area contributed by atoms with Crippen molar-refractivity contribution in [3.63, 3.8) is 0 Å². The smallest absolute Gasteiger partial charge is 0.316 e. The molecule has 1 saturated carbocycles. The summed E-state index contributed by atoms with van der Waals surface area (Å²) in [6.45, 7) is 1.82. The number of nitrogens with one attached hydrogen (secondary N) is 1. The quantitative estimate of drug-likeness (QED) is 0.650. The van der Waals surface area contributed by atoms with Crippen LogP contribution in [0.5, 0.6) is 0 Å². The van der Waals surface area contributed by atoms with Crippen molar-refractivity contribution in [3.8, 4) is 0 Å². The number of aromatic nitrogens is 3. The molecule has 1 aromatic heterocycles. The number of halogens is 6. The summed E-state index contributed by atoms with van der Waals surface area (Å²) >= 11 is 0. The fourth-order valence-corrected chi connectivity index (χ4v) is 5.78. The van der Waals surface area contributed by atoms with E-state index < -0.39 is 29.9 Å². The Morgan fingerprint density at radius 2 is 1.56 bits per heavy atom. The highest BCUT2D eigenvalue weighted by Crippen LogP contribution is 2.45. The molecule has 0 spiro atoms. The van der Waals surface area contributed by atoms with Crippen LogP contribution >= 0.6 is 0 Å². The van der Waals surface area contributed by atoms with Gasteiger partial charge in [-0.3, -0.25) is 0 Å². The van der Waals surface area contributed by atoms with Gasteiger partial charge in [0.25, 0.3) is 0 Å². The standard InChI is InChI=1S/C22H24F6N4/c23-21(24,25)15-5-3-12(4-6-15)16-7-8-18(22(26,27)28)32-20(16)30-19(31-32)9-17-13-1-2-14(17)11-29-10-13/h3-6,13-14,16-18,29H,1-2,7-11H2/t13-,14+,16?,17?,18?. The molecule has 3 unspecified atom stereocenters. The van der Waals surface area contributed by atoms with Crippen molar-refractivity contribution in [3.05, 3.63) is 47.0 Å². The third kappa shape index (κ3) is 3.91. The van der Waals surface area contributed by atoms with E-state index in [0.29, 0.717) is 35.6 Å². The molecule has 5 rings (SSSR count). The van der Waals surface area contributed by atoms with Crippen molar-refractivity contribution in [2.24, 2.45) is 17.8 Å². The van der Waals surface area contributed by atoms with Crippen LogP contribution < -0.4 is 5.32 Å². The van der Waals surface area contributed by atoms with Gasteiger partial charge in [0.05, 0.1) is 5.56 Å². The van der Waals surface area contributed by atoms with E-state index in [1.54, 1.807) is 0 Å². The summed E-state index contributed by atoms with van der Waals surface area (Å²) in [5.74, 6) is 1.43. The lowest BCUT2D eigenvalue weighted by molar-refractivity contribution is -0.175. The lowest BCUT2D eigenvalue weighted by atomic mass is 9.83. The Bertz CT molecular complexity index is 948. The average Bonchev–Trinajstić information content (AvgIpc) is 3.22. The lowest BCUT2D eigenvalue weighted by Crippen LogP contribution is -2.39. The van der Waals surface area contributed by atoms with Crippen LogP contribution in [-0.2, 0) is 12.6 Å². The highest BCUT2D eigenvalue weighted by Gasteiger charge is 2.47. The molecule has 3 heterocycles. The number of rotatable bonds is 3. The van der Waals surface area contributed by atoms with E-state index in [2.05, 4.69) is 15.4 Å². The van der Waals surface area contributed by atoms with Crippen molar-refractivity contribution in [2.45, 2.75) is 56.4 Å². The first-order valence-corrected chi connectivity index (χ1v) is 11.0. The van der Waals surface area contributed by atoms with Gasteiger partial charge in [0.15, 0.2) is 5.82 Å². The first-order valence-electron chi connectivity index (χ1n) is 11.0. The molecule has 3 aliphatic rings. The van der Waals surface area contributed by atoms with Gasteiger partial charge in [0.2, 0.25) is 0 Å². The summed E-state index contributed by atoms with van der Waals surface area (Å²) in [6, 6.07) is 2.87. The Balaban J connectivity index is 1.47. The van der Waals surface area contributed by atoms with Gasteiger partial charge in [0.1, 0.15) is 11.9 Å². The molecular formula is C22H24F6N4. The molecule has 10 heteroatoms. The number of nitrogens with zero attached hydrogens (tertiary/aromatic N) is 3. The van der Waals surface area contributed by atoms with E-state index in [1.165, 1.54) is 12.1 Å². The number of alkyl halides is 6. The van der Waals surface area contributed by atoms with Crippen LogP contribution in [0, 0.1) is 17.8 Å². The molecule has 2 bridgehead atoms. The molecule has 4 nitrogen and oxygen atoms in total. The molecule has 2 fully saturated rings. The molecule has 0 radical (unpaired) electrons. The van der Waals surface area contributed by atoms with Crippen LogP contribution in [0.2, 0.25) is 0 Å². The van der Waals surface area contributed by atoms with Crippen LogP contribution in [0.1, 0.15) is 60.4 Å². The van der Waals surface area contributed by atoms with Gasteiger partial charge in [-0.25, -0.2) is 9.67 Å². The zero-order chi connectivity index (χ0) is 22.7. The van der Waals surface area contributed by atoms with Crippen LogP contribution in [0.25, 0.3) is 0 Å². The van der Waals surface area contributed by atoms with Gasteiger partial charge in [-0.2, -0.15) is 31.4 Å². The zero-order valence-electron chi connectivity index (χ0n) is 17.3. The SMILES string of the molecule is FC(F)(F)c1ccc(C2CCC(C(F)(F)F)n3nc(CC4[C@@H]5CC[C@H]4CNC5)nc32)cc1. The highest BCUT2D eigenvalue weighted by molar-refractivity contribution is 5.31. The lowest BCUT2D eigenvalue weighted by Gasteiger charge is -2.30. The molecule has 32 heavy (non-hydrogen) atoms. The molecule has 1 aromatic carbocycles. The molecule has 5 atom stereocenters. The van der Waals surface area contributed by atoms with E-state index in [9.17, 15) is 26.3 Å². The molecule has 1 aliphatic carbocycles. The third-order valence-electron chi connectivity index (χ3n) is 7.41. The summed E-state index contributed by atoms with van der Waals surface area (Å²) in [5.41, 5.74) is -0.255. The summed E-state index contributed by atoms with van der Waals surface area (Å²) in [6.07, 6.45) is -6.19. The maximum atomic E-state index is 13.7. The minimum Gasteiger partial charge on any atom is -0.316 e. The fraction of sp³-hybridized carbons (Fsp3) is 0.636. The molecule has 1 saturated heterocycles. The van der Waals surface area contributed by atoms with Crippen LogP contribution in [0.15, 0.2) is 24.3 Å². The van der Waals surface area contributed by atoms with Gasteiger partial charge < -0.3 is 5.32 Å². The number of hydrogen-bond acceptors (Lipinski definition) is 3. The maximum absolute atomic E-state index is 13.7. The van der Waals surface area contributed by atoms with Gasteiger partial charge in [-0.15, -0.1) is 0 Å². The summed E-state index contributed by atoms with van der Waals surface area (Å²) < 4.78 is 80.9. The summed E-state index contributed by atoms with van der Waals surface area (Å²) in [4.78, 5) is 4.54. The Labute approximate surface area is 181 Å². The maximum Gasteiger partial charge on any atom is 0.416 e. The second-order valence-corrected chi connectivity index (χ2v) is 9.26. The molecular weight excluding hydrogens is 434 g/mol.